The number of hydrogen-bond acceptors (Lipinski definition) is 5. The van der Waals surface area contributed by atoms with Crippen molar-refractivity contribution in [1.82, 2.24) is 15.0 Å². The van der Waals surface area contributed by atoms with Crippen LogP contribution in [0.15, 0.2) is 42.9 Å². The summed E-state index contributed by atoms with van der Waals surface area (Å²) in [5, 5.41) is 3.59. The summed E-state index contributed by atoms with van der Waals surface area (Å²) in [4.78, 5) is 25.7. The second kappa shape index (κ2) is 6.03. The van der Waals surface area contributed by atoms with Crippen LogP contribution in [0.1, 0.15) is 20.9 Å². The number of anilines is 1. The van der Waals surface area contributed by atoms with E-state index in [2.05, 4.69) is 20.3 Å². The number of carbonyl (C=O) groups is 1. The van der Waals surface area contributed by atoms with E-state index in [1.807, 2.05) is 38.1 Å². The molecule has 0 aliphatic carbocycles. The lowest BCUT2D eigenvalue weighted by atomic mass is 10.3. The van der Waals surface area contributed by atoms with E-state index in [9.17, 15) is 4.79 Å². The molecule has 3 heterocycles. The third kappa shape index (κ3) is 3.01. The molecule has 0 atom stereocenters. The summed E-state index contributed by atoms with van der Waals surface area (Å²) in [6.07, 6.45) is 5.12. The molecule has 0 radical (unpaired) electrons. The lowest BCUT2D eigenvalue weighted by molar-refractivity contribution is 0.102. The van der Waals surface area contributed by atoms with E-state index in [0.29, 0.717) is 16.4 Å². The van der Waals surface area contributed by atoms with Crippen LogP contribution >= 0.6 is 11.3 Å². The highest BCUT2D eigenvalue weighted by Gasteiger charge is 2.16. The van der Waals surface area contributed by atoms with Crippen molar-refractivity contribution in [2.45, 2.75) is 13.8 Å². The molecule has 1 amide bonds. The van der Waals surface area contributed by atoms with Gasteiger partial charge in [-0.1, -0.05) is 0 Å². The van der Waals surface area contributed by atoms with Crippen molar-refractivity contribution >= 4 is 23.1 Å². The lowest BCUT2D eigenvalue weighted by Gasteiger charge is -2.03. The quantitative estimate of drug-likeness (QED) is 0.804. The minimum absolute atomic E-state index is 0.191. The van der Waals surface area contributed by atoms with E-state index in [1.54, 1.807) is 18.6 Å². The van der Waals surface area contributed by atoms with Crippen LogP contribution in [0, 0.1) is 13.8 Å². The minimum Gasteiger partial charge on any atom is -0.306 e. The summed E-state index contributed by atoms with van der Waals surface area (Å²) in [6, 6.07) is 7.49. The smallest absolute Gasteiger partial charge is 0.268 e. The SMILES string of the molecule is Cc1ccnc(NC(=O)c2sc(-c3cccnc3)nc2C)c1. The Balaban J connectivity index is 1.86. The molecule has 3 aromatic heterocycles. The van der Waals surface area contributed by atoms with Crippen LogP contribution in [0.25, 0.3) is 10.6 Å². The van der Waals surface area contributed by atoms with Gasteiger partial charge in [0.1, 0.15) is 15.7 Å². The second-order valence-electron chi connectivity index (χ2n) is 4.85. The van der Waals surface area contributed by atoms with E-state index in [0.717, 1.165) is 16.1 Å². The molecule has 0 aromatic carbocycles. The average Bonchev–Trinajstić information content (AvgIpc) is 2.90. The fraction of sp³-hybridized carbons (Fsp3) is 0.125. The first kappa shape index (κ1) is 14.3. The summed E-state index contributed by atoms with van der Waals surface area (Å²) in [7, 11) is 0. The maximum atomic E-state index is 12.4. The maximum absolute atomic E-state index is 12.4. The number of aryl methyl sites for hydroxylation is 2. The van der Waals surface area contributed by atoms with Gasteiger partial charge in [-0.15, -0.1) is 11.3 Å². The molecule has 0 spiro atoms. The van der Waals surface area contributed by atoms with Gasteiger partial charge in [0.2, 0.25) is 0 Å². The van der Waals surface area contributed by atoms with Crippen LogP contribution in [-0.4, -0.2) is 20.9 Å². The Kier molecular flexibility index (Phi) is 3.93. The van der Waals surface area contributed by atoms with Gasteiger partial charge in [0.15, 0.2) is 0 Å². The molecule has 3 rings (SSSR count). The molecular formula is C16H14N4OS. The molecule has 0 saturated heterocycles. The van der Waals surface area contributed by atoms with Gasteiger partial charge in [-0.2, -0.15) is 0 Å². The van der Waals surface area contributed by atoms with Crippen molar-refractivity contribution in [3.8, 4) is 10.6 Å². The molecule has 3 aromatic rings. The van der Waals surface area contributed by atoms with Gasteiger partial charge in [0.25, 0.3) is 5.91 Å². The standard InChI is InChI=1S/C16H14N4OS/c1-10-5-7-18-13(8-10)20-15(21)14-11(2)19-16(22-14)12-4-3-6-17-9-12/h3-9H,1-2H3,(H,18,20,21). The molecule has 110 valence electrons. The molecule has 0 fully saturated rings. The van der Waals surface area contributed by atoms with E-state index in [4.69, 9.17) is 0 Å². The van der Waals surface area contributed by atoms with E-state index in [-0.39, 0.29) is 5.91 Å². The molecule has 0 saturated carbocycles. The first-order valence-electron chi connectivity index (χ1n) is 6.75. The normalized spacial score (nSPS) is 10.5. The van der Waals surface area contributed by atoms with E-state index in [1.165, 1.54) is 11.3 Å². The predicted octanol–water partition coefficient (Wildman–Crippen LogP) is 3.47. The summed E-state index contributed by atoms with van der Waals surface area (Å²) >= 11 is 1.35. The number of nitrogens with one attached hydrogen (secondary N) is 1. The largest absolute Gasteiger partial charge is 0.306 e. The lowest BCUT2D eigenvalue weighted by Crippen LogP contribution is -2.12. The number of pyridine rings is 2. The molecule has 5 nitrogen and oxygen atoms in total. The van der Waals surface area contributed by atoms with Crippen LogP contribution in [0.2, 0.25) is 0 Å². The van der Waals surface area contributed by atoms with Gasteiger partial charge < -0.3 is 5.32 Å². The molecule has 6 heteroatoms. The summed E-state index contributed by atoms with van der Waals surface area (Å²) < 4.78 is 0. The molecule has 0 aliphatic rings. The van der Waals surface area contributed by atoms with Crippen LogP contribution in [0.3, 0.4) is 0 Å². The van der Waals surface area contributed by atoms with Crippen molar-refractivity contribution < 1.29 is 4.79 Å². The Morgan fingerprint density at radius 1 is 1.23 bits per heavy atom. The fourth-order valence-electron chi connectivity index (χ4n) is 2.00. The summed E-state index contributed by atoms with van der Waals surface area (Å²) in [6.45, 7) is 3.78. The number of rotatable bonds is 3. The second-order valence-corrected chi connectivity index (χ2v) is 5.85. The van der Waals surface area contributed by atoms with Gasteiger partial charge in [-0.3, -0.25) is 9.78 Å². The van der Waals surface area contributed by atoms with E-state index >= 15 is 0 Å². The van der Waals surface area contributed by atoms with Gasteiger partial charge in [-0.25, -0.2) is 9.97 Å². The Hall–Kier alpha value is -2.60. The zero-order chi connectivity index (χ0) is 15.5. The highest BCUT2D eigenvalue weighted by Crippen LogP contribution is 2.27. The van der Waals surface area contributed by atoms with Crippen molar-refractivity contribution in [3.63, 3.8) is 0 Å². The van der Waals surface area contributed by atoms with Crippen LogP contribution in [0.5, 0.6) is 0 Å². The number of carbonyl (C=O) groups excluding carboxylic acids is 1. The molecule has 0 unspecified atom stereocenters. The van der Waals surface area contributed by atoms with Gasteiger partial charge in [-0.05, 0) is 43.7 Å². The summed E-state index contributed by atoms with van der Waals surface area (Å²) in [5.74, 6) is 0.351. The third-order valence-corrected chi connectivity index (χ3v) is 4.27. The fourth-order valence-corrected chi connectivity index (χ4v) is 2.95. The molecule has 0 bridgehead atoms. The Bertz CT molecular complexity index is 814. The van der Waals surface area contributed by atoms with Crippen LogP contribution in [-0.2, 0) is 0 Å². The Morgan fingerprint density at radius 3 is 2.82 bits per heavy atom. The number of nitrogens with zero attached hydrogens (tertiary/aromatic N) is 3. The molecule has 22 heavy (non-hydrogen) atoms. The number of aromatic nitrogens is 3. The highest BCUT2D eigenvalue weighted by atomic mass is 32.1. The van der Waals surface area contributed by atoms with E-state index < -0.39 is 0 Å². The molecule has 0 aliphatic heterocycles. The van der Waals surface area contributed by atoms with Crippen molar-refractivity contribution in [3.05, 3.63) is 59.0 Å². The summed E-state index contributed by atoms with van der Waals surface area (Å²) in [5.41, 5.74) is 2.65. The number of amides is 1. The zero-order valence-electron chi connectivity index (χ0n) is 12.2. The van der Waals surface area contributed by atoms with Gasteiger partial charge in [0.05, 0.1) is 5.69 Å². The highest BCUT2D eigenvalue weighted by molar-refractivity contribution is 7.17. The Labute approximate surface area is 132 Å². The van der Waals surface area contributed by atoms with Crippen molar-refractivity contribution in [1.29, 1.82) is 0 Å². The van der Waals surface area contributed by atoms with Gasteiger partial charge >= 0.3 is 0 Å². The van der Waals surface area contributed by atoms with Crippen molar-refractivity contribution in [2.24, 2.45) is 0 Å². The van der Waals surface area contributed by atoms with Gasteiger partial charge in [0, 0.05) is 24.2 Å². The monoisotopic (exact) mass is 310 g/mol. The number of thiazole rings is 1. The zero-order valence-corrected chi connectivity index (χ0v) is 13.0. The first-order chi connectivity index (χ1) is 10.6. The molecule has 1 N–H and O–H groups in total. The third-order valence-electron chi connectivity index (χ3n) is 3.07. The number of hydrogen-bond donors (Lipinski definition) is 1. The van der Waals surface area contributed by atoms with Crippen LogP contribution in [0.4, 0.5) is 5.82 Å². The first-order valence-corrected chi connectivity index (χ1v) is 7.57. The Morgan fingerprint density at radius 2 is 2.09 bits per heavy atom. The molecular weight excluding hydrogens is 296 g/mol. The topological polar surface area (TPSA) is 67.8 Å². The predicted molar refractivity (Wildman–Crippen MR) is 87.0 cm³/mol. The van der Waals surface area contributed by atoms with Crippen molar-refractivity contribution in [2.75, 3.05) is 5.32 Å². The van der Waals surface area contributed by atoms with Crippen LogP contribution < -0.4 is 5.32 Å². The maximum Gasteiger partial charge on any atom is 0.268 e. The minimum atomic E-state index is -0.191. The average molecular weight is 310 g/mol.